The molecule has 84 valence electrons. The summed E-state index contributed by atoms with van der Waals surface area (Å²) in [7, 11) is 0. The van der Waals surface area contributed by atoms with Crippen molar-refractivity contribution in [2.75, 3.05) is 0 Å². The molecule has 1 N–H and O–H groups in total. The van der Waals surface area contributed by atoms with Crippen LogP contribution in [-0.4, -0.2) is 20.1 Å². The maximum Gasteiger partial charge on any atom is 0.111 e. The lowest BCUT2D eigenvalue weighted by Gasteiger charge is -2.03. The van der Waals surface area contributed by atoms with Gasteiger partial charge in [0, 0.05) is 8.95 Å². The SMILES string of the molecule is CC(O)c1cn(-c2ccc(Br)cc2Br)nn1. The van der Waals surface area contributed by atoms with E-state index in [-0.39, 0.29) is 0 Å². The molecule has 1 heterocycles. The van der Waals surface area contributed by atoms with E-state index in [0.717, 1.165) is 14.6 Å². The fourth-order valence-corrected chi connectivity index (χ4v) is 2.48. The van der Waals surface area contributed by atoms with E-state index in [1.165, 1.54) is 0 Å². The lowest BCUT2D eigenvalue weighted by atomic mass is 10.3. The number of aliphatic hydroxyl groups excluding tert-OH is 1. The van der Waals surface area contributed by atoms with Gasteiger partial charge in [0.2, 0.25) is 0 Å². The Morgan fingerprint density at radius 2 is 2.12 bits per heavy atom. The van der Waals surface area contributed by atoms with Crippen molar-refractivity contribution in [1.29, 1.82) is 0 Å². The second-order valence-electron chi connectivity index (χ2n) is 3.36. The number of hydrogen-bond acceptors (Lipinski definition) is 3. The zero-order chi connectivity index (χ0) is 11.7. The fraction of sp³-hybridized carbons (Fsp3) is 0.200. The van der Waals surface area contributed by atoms with Crippen LogP contribution in [0.25, 0.3) is 5.69 Å². The molecule has 0 radical (unpaired) electrons. The van der Waals surface area contributed by atoms with Gasteiger partial charge in [-0.3, -0.25) is 0 Å². The van der Waals surface area contributed by atoms with E-state index < -0.39 is 6.10 Å². The maximum absolute atomic E-state index is 9.36. The Balaban J connectivity index is 2.42. The van der Waals surface area contributed by atoms with Gasteiger partial charge < -0.3 is 5.11 Å². The molecular weight excluding hydrogens is 338 g/mol. The van der Waals surface area contributed by atoms with E-state index in [1.807, 2.05) is 18.2 Å². The zero-order valence-corrected chi connectivity index (χ0v) is 11.6. The molecule has 1 unspecified atom stereocenters. The molecule has 0 fully saturated rings. The Morgan fingerprint density at radius 3 is 2.69 bits per heavy atom. The Bertz CT molecular complexity index is 511. The Kier molecular flexibility index (Phi) is 3.41. The summed E-state index contributed by atoms with van der Waals surface area (Å²) in [6.45, 7) is 1.66. The summed E-state index contributed by atoms with van der Waals surface area (Å²) < 4.78 is 3.52. The van der Waals surface area contributed by atoms with Gasteiger partial charge in [-0.2, -0.15) is 0 Å². The molecule has 0 saturated carbocycles. The zero-order valence-electron chi connectivity index (χ0n) is 8.43. The topological polar surface area (TPSA) is 50.9 Å². The normalized spacial score (nSPS) is 12.8. The molecule has 1 aromatic carbocycles. The molecule has 1 atom stereocenters. The first-order valence-electron chi connectivity index (χ1n) is 4.63. The van der Waals surface area contributed by atoms with Gasteiger partial charge in [-0.15, -0.1) is 5.10 Å². The highest BCUT2D eigenvalue weighted by atomic mass is 79.9. The summed E-state index contributed by atoms with van der Waals surface area (Å²) in [5, 5.41) is 17.2. The highest BCUT2D eigenvalue weighted by Crippen LogP contribution is 2.25. The third-order valence-electron chi connectivity index (χ3n) is 2.10. The molecular formula is C10H9Br2N3O. The van der Waals surface area contributed by atoms with Gasteiger partial charge in [0.15, 0.2) is 0 Å². The number of nitrogens with zero attached hydrogens (tertiary/aromatic N) is 3. The summed E-state index contributed by atoms with van der Waals surface area (Å²) in [4.78, 5) is 0. The second kappa shape index (κ2) is 4.65. The molecule has 2 aromatic rings. The van der Waals surface area contributed by atoms with Crippen LogP contribution in [-0.2, 0) is 0 Å². The third kappa shape index (κ3) is 2.34. The van der Waals surface area contributed by atoms with Crippen LogP contribution in [0.4, 0.5) is 0 Å². The van der Waals surface area contributed by atoms with Crippen LogP contribution in [0.2, 0.25) is 0 Å². The molecule has 0 spiro atoms. The minimum Gasteiger partial charge on any atom is -0.387 e. The van der Waals surface area contributed by atoms with Gasteiger partial charge in [0.05, 0.1) is 18.0 Å². The summed E-state index contributed by atoms with van der Waals surface area (Å²) in [6.07, 6.45) is 1.10. The lowest BCUT2D eigenvalue weighted by molar-refractivity contribution is 0.194. The van der Waals surface area contributed by atoms with Gasteiger partial charge in [0.25, 0.3) is 0 Å². The molecule has 1 aromatic heterocycles. The smallest absolute Gasteiger partial charge is 0.111 e. The monoisotopic (exact) mass is 345 g/mol. The van der Waals surface area contributed by atoms with Crippen molar-refractivity contribution in [1.82, 2.24) is 15.0 Å². The first-order valence-corrected chi connectivity index (χ1v) is 6.22. The molecule has 0 amide bonds. The van der Waals surface area contributed by atoms with Crippen molar-refractivity contribution in [3.63, 3.8) is 0 Å². The fourth-order valence-electron chi connectivity index (χ4n) is 1.25. The Hall–Kier alpha value is -0.720. The standard InChI is InChI=1S/C10H9Br2N3O/c1-6(16)9-5-15(14-13-9)10-3-2-7(11)4-8(10)12/h2-6,16H,1H3. The van der Waals surface area contributed by atoms with E-state index in [2.05, 4.69) is 42.2 Å². The van der Waals surface area contributed by atoms with Crippen LogP contribution in [0.1, 0.15) is 18.7 Å². The molecule has 16 heavy (non-hydrogen) atoms. The van der Waals surface area contributed by atoms with E-state index in [0.29, 0.717) is 5.69 Å². The first kappa shape index (κ1) is 11.8. The highest BCUT2D eigenvalue weighted by molar-refractivity contribution is 9.11. The lowest BCUT2D eigenvalue weighted by Crippen LogP contribution is -1.95. The first-order chi connectivity index (χ1) is 7.58. The van der Waals surface area contributed by atoms with Crippen molar-refractivity contribution >= 4 is 31.9 Å². The van der Waals surface area contributed by atoms with Crippen molar-refractivity contribution in [3.05, 3.63) is 39.0 Å². The van der Waals surface area contributed by atoms with Crippen LogP contribution in [0.3, 0.4) is 0 Å². The predicted octanol–water partition coefficient (Wildman–Crippen LogP) is 2.85. The highest BCUT2D eigenvalue weighted by Gasteiger charge is 2.09. The van der Waals surface area contributed by atoms with E-state index in [9.17, 15) is 5.11 Å². The molecule has 0 aliphatic heterocycles. The van der Waals surface area contributed by atoms with Gasteiger partial charge >= 0.3 is 0 Å². The van der Waals surface area contributed by atoms with Gasteiger partial charge in [-0.1, -0.05) is 21.1 Å². The predicted molar refractivity (Wildman–Crippen MR) is 67.4 cm³/mol. The van der Waals surface area contributed by atoms with Gasteiger partial charge in [-0.25, -0.2) is 4.68 Å². The van der Waals surface area contributed by atoms with Crippen LogP contribution >= 0.6 is 31.9 Å². The number of benzene rings is 1. The molecule has 2 rings (SSSR count). The Labute approximate surface area is 110 Å². The summed E-state index contributed by atoms with van der Waals surface area (Å²) in [5.74, 6) is 0. The number of aliphatic hydroxyl groups is 1. The minimum absolute atomic E-state index is 0.551. The average molecular weight is 347 g/mol. The molecule has 0 aliphatic rings. The maximum atomic E-state index is 9.36. The summed E-state index contributed by atoms with van der Waals surface area (Å²) >= 11 is 6.83. The van der Waals surface area contributed by atoms with Crippen molar-refractivity contribution < 1.29 is 5.11 Å². The Morgan fingerprint density at radius 1 is 1.38 bits per heavy atom. The van der Waals surface area contributed by atoms with Gasteiger partial charge in [0.1, 0.15) is 5.69 Å². The van der Waals surface area contributed by atoms with Crippen LogP contribution in [0.15, 0.2) is 33.3 Å². The molecule has 0 aliphatic carbocycles. The number of aromatic nitrogens is 3. The second-order valence-corrected chi connectivity index (χ2v) is 5.13. The van der Waals surface area contributed by atoms with Crippen LogP contribution in [0.5, 0.6) is 0 Å². The molecule has 0 saturated heterocycles. The molecule has 6 heteroatoms. The van der Waals surface area contributed by atoms with Crippen molar-refractivity contribution in [2.45, 2.75) is 13.0 Å². The van der Waals surface area contributed by atoms with Crippen LogP contribution < -0.4 is 0 Å². The average Bonchev–Trinajstić information content (AvgIpc) is 2.66. The largest absolute Gasteiger partial charge is 0.387 e. The quantitative estimate of drug-likeness (QED) is 0.909. The van der Waals surface area contributed by atoms with E-state index >= 15 is 0 Å². The van der Waals surface area contributed by atoms with E-state index in [4.69, 9.17) is 0 Å². The van der Waals surface area contributed by atoms with E-state index in [1.54, 1.807) is 17.8 Å². The third-order valence-corrected chi connectivity index (χ3v) is 3.22. The number of hydrogen-bond donors (Lipinski definition) is 1. The summed E-state index contributed by atoms with van der Waals surface area (Å²) in [5.41, 5.74) is 1.43. The van der Waals surface area contributed by atoms with Crippen molar-refractivity contribution in [2.24, 2.45) is 0 Å². The van der Waals surface area contributed by atoms with Crippen LogP contribution in [0, 0.1) is 0 Å². The summed E-state index contributed by atoms with van der Waals surface area (Å²) in [6, 6.07) is 5.76. The van der Waals surface area contributed by atoms with Crippen molar-refractivity contribution in [3.8, 4) is 5.69 Å². The number of halogens is 2. The molecule has 4 nitrogen and oxygen atoms in total. The van der Waals surface area contributed by atoms with Gasteiger partial charge in [-0.05, 0) is 41.1 Å². The number of rotatable bonds is 2. The molecule has 0 bridgehead atoms. The minimum atomic E-state index is -0.608.